The standard InChI is InChI=1S/C13H19BrN2O/c1-2-16-7-8-17-12(9-15)13(16)10-5-3-4-6-11(10)14/h3-6,12-13H,2,7-9,15H2,1H3. The lowest BCUT2D eigenvalue weighted by molar-refractivity contribution is -0.0660. The Kier molecular flexibility index (Phi) is 4.56. The topological polar surface area (TPSA) is 38.5 Å². The number of nitrogens with two attached hydrogens (primary N) is 1. The SMILES string of the molecule is CCN1CCOC(CN)C1c1ccccc1Br. The minimum absolute atomic E-state index is 0.0856. The molecule has 4 heteroatoms. The van der Waals surface area contributed by atoms with Gasteiger partial charge in [-0.05, 0) is 18.2 Å². The molecule has 0 aliphatic carbocycles. The lowest BCUT2D eigenvalue weighted by Gasteiger charge is -2.41. The van der Waals surface area contributed by atoms with Crippen molar-refractivity contribution in [1.82, 2.24) is 4.90 Å². The second-order valence-corrected chi connectivity index (χ2v) is 5.09. The number of rotatable bonds is 3. The summed E-state index contributed by atoms with van der Waals surface area (Å²) in [7, 11) is 0. The Balaban J connectivity index is 2.33. The van der Waals surface area contributed by atoms with Gasteiger partial charge in [-0.3, -0.25) is 4.90 Å². The van der Waals surface area contributed by atoms with Crippen LogP contribution in [0.2, 0.25) is 0 Å². The van der Waals surface area contributed by atoms with Crippen molar-refractivity contribution in [1.29, 1.82) is 0 Å². The normalized spacial score (nSPS) is 26.1. The summed E-state index contributed by atoms with van der Waals surface area (Å²) in [5.74, 6) is 0. The largest absolute Gasteiger partial charge is 0.374 e. The van der Waals surface area contributed by atoms with Crippen LogP contribution in [0.1, 0.15) is 18.5 Å². The van der Waals surface area contributed by atoms with Crippen molar-refractivity contribution < 1.29 is 4.74 Å². The molecule has 1 saturated heterocycles. The maximum atomic E-state index is 5.83. The summed E-state index contributed by atoms with van der Waals surface area (Å²) in [6.45, 7) is 5.51. The van der Waals surface area contributed by atoms with Crippen molar-refractivity contribution in [3.05, 3.63) is 34.3 Å². The third-order valence-corrected chi connectivity index (χ3v) is 4.04. The van der Waals surface area contributed by atoms with E-state index in [1.165, 1.54) is 5.56 Å². The molecule has 2 unspecified atom stereocenters. The predicted molar refractivity (Wildman–Crippen MR) is 72.9 cm³/mol. The summed E-state index contributed by atoms with van der Waals surface area (Å²) in [5, 5.41) is 0. The summed E-state index contributed by atoms with van der Waals surface area (Å²) >= 11 is 3.62. The summed E-state index contributed by atoms with van der Waals surface area (Å²) in [4.78, 5) is 2.43. The highest BCUT2D eigenvalue weighted by molar-refractivity contribution is 9.10. The van der Waals surface area contributed by atoms with Gasteiger partial charge in [-0.15, -0.1) is 0 Å². The maximum Gasteiger partial charge on any atom is 0.0894 e. The van der Waals surface area contributed by atoms with Crippen molar-refractivity contribution in [3.63, 3.8) is 0 Å². The third kappa shape index (κ3) is 2.71. The fraction of sp³-hybridized carbons (Fsp3) is 0.538. The summed E-state index contributed by atoms with van der Waals surface area (Å²) < 4.78 is 6.93. The highest BCUT2D eigenvalue weighted by Gasteiger charge is 2.32. The van der Waals surface area contributed by atoms with Gasteiger partial charge in [-0.1, -0.05) is 41.1 Å². The maximum absolute atomic E-state index is 5.83. The molecule has 0 bridgehead atoms. The fourth-order valence-corrected chi connectivity index (χ4v) is 2.97. The molecule has 2 N–H and O–H groups in total. The molecule has 0 radical (unpaired) electrons. The van der Waals surface area contributed by atoms with Crippen LogP contribution in [0.5, 0.6) is 0 Å². The third-order valence-electron chi connectivity index (χ3n) is 3.32. The molecule has 2 atom stereocenters. The van der Waals surface area contributed by atoms with E-state index in [0.29, 0.717) is 6.54 Å². The van der Waals surface area contributed by atoms with Gasteiger partial charge >= 0.3 is 0 Å². The molecular weight excluding hydrogens is 280 g/mol. The van der Waals surface area contributed by atoms with Gasteiger partial charge in [0.15, 0.2) is 0 Å². The lowest BCUT2D eigenvalue weighted by Crippen LogP contribution is -2.48. The predicted octanol–water partition coefficient (Wildman–Crippen LogP) is 2.17. The number of nitrogens with zero attached hydrogens (tertiary/aromatic N) is 1. The minimum atomic E-state index is 0.0856. The van der Waals surface area contributed by atoms with Crippen LogP contribution in [0.4, 0.5) is 0 Å². The van der Waals surface area contributed by atoms with Crippen molar-refractivity contribution in [3.8, 4) is 0 Å². The van der Waals surface area contributed by atoms with Crippen LogP contribution in [-0.4, -0.2) is 37.2 Å². The van der Waals surface area contributed by atoms with Crippen LogP contribution in [0.15, 0.2) is 28.7 Å². The van der Waals surface area contributed by atoms with E-state index in [-0.39, 0.29) is 12.1 Å². The fourth-order valence-electron chi connectivity index (χ4n) is 2.45. The molecule has 0 spiro atoms. The zero-order chi connectivity index (χ0) is 12.3. The van der Waals surface area contributed by atoms with Crippen molar-refractivity contribution in [2.75, 3.05) is 26.2 Å². The summed E-state index contributed by atoms with van der Waals surface area (Å²) in [5.41, 5.74) is 7.10. The zero-order valence-corrected chi connectivity index (χ0v) is 11.7. The summed E-state index contributed by atoms with van der Waals surface area (Å²) in [6, 6.07) is 8.58. The second kappa shape index (κ2) is 5.96. The van der Waals surface area contributed by atoms with Gasteiger partial charge in [-0.25, -0.2) is 0 Å². The van der Waals surface area contributed by atoms with Crippen molar-refractivity contribution >= 4 is 15.9 Å². The van der Waals surface area contributed by atoms with E-state index in [1.54, 1.807) is 0 Å². The molecule has 1 aromatic rings. The first-order valence-electron chi connectivity index (χ1n) is 6.08. The number of likely N-dealkylation sites (N-methyl/N-ethyl adjacent to an activating group) is 1. The zero-order valence-electron chi connectivity index (χ0n) is 10.1. The van der Waals surface area contributed by atoms with Crippen LogP contribution < -0.4 is 5.73 Å². The van der Waals surface area contributed by atoms with Crippen LogP contribution in [0, 0.1) is 0 Å². The van der Waals surface area contributed by atoms with Gasteiger partial charge in [0.05, 0.1) is 18.8 Å². The Bertz CT molecular complexity index is 360. The Hall–Kier alpha value is -0.420. The average molecular weight is 299 g/mol. The number of morpholine rings is 1. The molecule has 1 fully saturated rings. The smallest absolute Gasteiger partial charge is 0.0894 e. The second-order valence-electron chi connectivity index (χ2n) is 4.24. The number of ether oxygens (including phenoxy) is 1. The van der Waals surface area contributed by atoms with E-state index < -0.39 is 0 Å². The molecule has 2 rings (SSSR count). The number of benzene rings is 1. The molecular formula is C13H19BrN2O. The molecule has 0 saturated carbocycles. The van der Waals surface area contributed by atoms with Gasteiger partial charge in [0.2, 0.25) is 0 Å². The lowest BCUT2D eigenvalue weighted by atomic mass is 9.98. The molecule has 1 heterocycles. The molecule has 17 heavy (non-hydrogen) atoms. The molecule has 94 valence electrons. The molecule has 0 aromatic heterocycles. The Morgan fingerprint density at radius 3 is 2.88 bits per heavy atom. The van der Waals surface area contributed by atoms with E-state index in [9.17, 15) is 0 Å². The Morgan fingerprint density at radius 1 is 1.47 bits per heavy atom. The van der Waals surface area contributed by atoms with Gasteiger partial charge in [0, 0.05) is 17.6 Å². The highest BCUT2D eigenvalue weighted by atomic mass is 79.9. The first kappa shape index (κ1) is 13.0. The van der Waals surface area contributed by atoms with Gasteiger partial charge in [0.25, 0.3) is 0 Å². The first-order chi connectivity index (χ1) is 8.27. The monoisotopic (exact) mass is 298 g/mol. The summed E-state index contributed by atoms with van der Waals surface area (Å²) in [6.07, 6.45) is 0.0856. The van der Waals surface area contributed by atoms with E-state index >= 15 is 0 Å². The number of halogens is 1. The van der Waals surface area contributed by atoms with Crippen molar-refractivity contribution in [2.24, 2.45) is 5.73 Å². The molecule has 1 aliphatic heterocycles. The molecule has 1 aliphatic rings. The quantitative estimate of drug-likeness (QED) is 0.929. The van der Waals surface area contributed by atoms with Gasteiger partial charge < -0.3 is 10.5 Å². The van der Waals surface area contributed by atoms with Crippen LogP contribution in [0.25, 0.3) is 0 Å². The van der Waals surface area contributed by atoms with Gasteiger partial charge in [-0.2, -0.15) is 0 Å². The van der Waals surface area contributed by atoms with Crippen LogP contribution in [0.3, 0.4) is 0 Å². The Morgan fingerprint density at radius 2 is 2.24 bits per heavy atom. The van der Waals surface area contributed by atoms with Crippen LogP contribution >= 0.6 is 15.9 Å². The first-order valence-corrected chi connectivity index (χ1v) is 6.87. The van der Waals surface area contributed by atoms with Crippen LogP contribution in [-0.2, 0) is 4.74 Å². The molecule has 3 nitrogen and oxygen atoms in total. The van der Waals surface area contributed by atoms with Crippen molar-refractivity contribution in [2.45, 2.75) is 19.1 Å². The number of hydrogen-bond donors (Lipinski definition) is 1. The number of hydrogen-bond acceptors (Lipinski definition) is 3. The molecule has 0 amide bonds. The van der Waals surface area contributed by atoms with Gasteiger partial charge in [0.1, 0.15) is 0 Å². The van der Waals surface area contributed by atoms with E-state index in [4.69, 9.17) is 10.5 Å². The van der Waals surface area contributed by atoms with E-state index in [1.807, 2.05) is 6.07 Å². The highest BCUT2D eigenvalue weighted by Crippen LogP contribution is 2.33. The average Bonchev–Trinajstić information content (AvgIpc) is 2.38. The molecule has 1 aromatic carbocycles. The van der Waals surface area contributed by atoms with E-state index in [0.717, 1.165) is 24.2 Å². The Labute approximate surface area is 111 Å². The minimum Gasteiger partial charge on any atom is -0.374 e. The van der Waals surface area contributed by atoms with E-state index in [2.05, 4.69) is 46.0 Å².